The second-order valence-corrected chi connectivity index (χ2v) is 7.42. The summed E-state index contributed by atoms with van der Waals surface area (Å²) in [6.45, 7) is 19.1. The van der Waals surface area contributed by atoms with Gasteiger partial charge in [0.1, 0.15) is 0 Å². The van der Waals surface area contributed by atoms with Gasteiger partial charge in [-0.3, -0.25) is 0 Å². The fourth-order valence-electron chi connectivity index (χ4n) is 3.33. The van der Waals surface area contributed by atoms with Crippen LogP contribution in [0.25, 0.3) is 0 Å². The van der Waals surface area contributed by atoms with Crippen molar-refractivity contribution in [1.82, 2.24) is 10.2 Å². The Morgan fingerprint density at radius 2 is 1.80 bits per heavy atom. The molecule has 0 radical (unpaired) electrons. The minimum atomic E-state index is 0.318. The third-order valence-electron chi connectivity index (χ3n) is 3.96. The van der Waals surface area contributed by atoms with E-state index in [-0.39, 0.29) is 0 Å². The molecule has 1 atom stereocenters. The van der Waals surface area contributed by atoms with Crippen LogP contribution in [-0.4, -0.2) is 50.8 Å². The minimum absolute atomic E-state index is 0.318. The molecule has 0 aromatic heterocycles. The van der Waals surface area contributed by atoms with E-state index < -0.39 is 0 Å². The van der Waals surface area contributed by atoms with Crippen LogP contribution in [0.1, 0.15) is 47.5 Å². The number of rotatable bonds is 9. The standard InChI is InChI=1S/C17H36N2O/c1-6-18-12-17(8-7-9-20-14-17)13-19(10-15(2)3)11-16(4)5/h15-16,18H,6-14H2,1-5H3. The quantitative estimate of drug-likeness (QED) is 0.704. The van der Waals surface area contributed by atoms with Gasteiger partial charge < -0.3 is 15.0 Å². The molecule has 0 amide bonds. The number of nitrogens with zero attached hydrogens (tertiary/aromatic N) is 1. The average molecular weight is 284 g/mol. The summed E-state index contributed by atoms with van der Waals surface area (Å²) >= 11 is 0. The summed E-state index contributed by atoms with van der Waals surface area (Å²) in [6.07, 6.45) is 2.51. The van der Waals surface area contributed by atoms with Crippen LogP contribution in [0.3, 0.4) is 0 Å². The molecular formula is C17H36N2O. The minimum Gasteiger partial charge on any atom is -0.381 e. The third-order valence-corrected chi connectivity index (χ3v) is 3.96. The molecule has 3 nitrogen and oxygen atoms in total. The van der Waals surface area contributed by atoms with Crippen molar-refractivity contribution >= 4 is 0 Å². The fraction of sp³-hybridized carbons (Fsp3) is 1.00. The highest BCUT2D eigenvalue weighted by atomic mass is 16.5. The van der Waals surface area contributed by atoms with Crippen molar-refractivity contribution in [3.05, 3.63) is 0 Å². The van der Waals surface area contributed by atoms with Gasteiger partial charge in [0, 0.05) is 38.2 Å². The van der Waals surface area contributed by atoms with Crippen molar-refractivity contribution in [3.63, 3.8) is 0 Å². The second kappa shape index (κ2) is 9.01. The Balaban J connectivity index is 2.66. The van der Waals surface area contributed by atoms with E-state index in [1.165, 1.54) is 32.5 Å². The van der Waals surface area contributed by atoms with E-state index >= 15 is 0 Å². The smallest absolute Gasteiger partial charge is 0.0546 e. The number of ether oxygens (including phenoxy) is 1. The van der Waals surface area contributed by atoms with Gasteiger partial charge in [-0.05, 0) is 31.2 Å². The van der Waals surface area contributed by atoms with Gasteiger partial charge in [0.05, 0.1) is 6.61 Å². The van der Waals surface area contributed by atoms with E-state index in [4.69, 9.17) is 4.74 Å². The van der Waals surface area contributed by atoms with Gasteiger partial charge in [-0.1, -0.05) is 34.6 Å². The monoisotopic (exact) mass is 284 g/mol. The number of hydrogen-bond donors (Lipinski definition) is 1. The number of hydrogen-bond acceptors (Lipinski definition) is 3. The summed E-state index contributed by atoms with van der Waals surface area (Å²) in [7, 11) is 0. The Morgan fingerprint density at radius 3 is 2.25 bits per heavy atom. The molecule has 1 heterocycles. The van der Waals surface area contributed by atoms with Crippen LogP contribution in [0.15, 0.2) is 0 Å². The van der Waals surface area contributed by atoms with Crippen molar-refractivity contribution in [2.45, 2.75) is 47.5 Å². The zero-order valence-electron chi connectivity index (χ0n) is 14.4. The largest absolute Gasteiger partial charge is 0.381 e. The molecule has 1 fully saturated rings. The normalized spacial score (nSPS) is 24.0. The highest BCUT2D eigenvalue weighted by Crippen LogP contribution is 2.29. The van der Waals surface area contributed by atoms with E-state index in [1.54, 1.807) is 0 Å². The van der Waals surface area contributed by atoms with Gasteiger partial charge in [0.15, 0.2) is 0 Å². The first-order valence-corrected chi connectivity index (χ1v) is 8.48. The van der Waals surface area contributed by atoms with Gasteiger partial charge in [0.2, 0.25) is 0 Å². The van der Waals surface area contributed by atoms with Gasteiger partial charge in [-0.2, -0.15) is 0 Å². The molecule has 0 aliphatic carbocycles. The van der Waals surface area contributed by atoms with Crippen molar-refractivity contribution in [1.29, 1.82) is 0 Å². The lowest BCUT2D eigenvalue weighted by Gasteiger charge is -2.42. The maximum Gasteiger partial charge on any atom is 0.0546 e. The lowest BCUT2D eigenvalue weighted by Crippen LogP contribution is -2.50. The Morgan fingerprint density at radius 1 is 1.15 bits per heavy atom. The summed E-state index contributed by atoms with van der Waals surface area (Å²) in [5.41, 5.74) is 0.318. The molecule has 1 N–H and O–H groups in total. The molecule has 0 saturated carbocycles. The SMILES string of the molecule is CCNCC1(CN(CC(C)C)CC(C)C)CCCOC1. The summed E-state index contributed by atoms with van der Waals surface area (Å²) in [4.78, 5) is 2.67. The van der Waals surface area contributed by atoms with Gasteiger partial charge in [-0.25, -0.2) is 0 Å². The van der Waals surface area contributed by atoms with Crippen molar-refractivity contribution in [2.75, 3.05) is 45.9 Å². The molecule has 0 bridgehead atoms. The molecule has 0 aromatic rings. The lowest BCUT2D eigenvalue weighted by molar-refractivity contribution is -0.0290. The Labute approximate surface area is 126 Å². The van der Waals surface area contributed by atoms with Gasteiger partial charge in [-0.15, -0.1) is 0 Å². The first-order valence-electron chi connectivity index (χ1n) is 8.48. The lowest BCUT2D eigenvalue weighted by atomic mass is 9.81. The van der Waals surface area contributed by atoms with Crippen LogP contribution in [0.4, 0.5) is 0 Å². The number of nitrogens with one attached hydrogen (secondary N) is 1. The highest BCUT2D eigenvalue weighted by Gasteiger charge is 2.34. The van der Waals surface area contributed by atoms with E-state index in [0.717, 1.165) is 38.1 Å². The molecule has 1 unspecified atom stereocenters. The molecule has 1 aliphatic heterocycles. The van der Waals surface area contributed by atoms with Crippen LogP contribution in [0.5, 0.6) is 0 Å². The van der Waals surface area contributed by atoms with Crippen molar-refractivity contribution < 1.29 is 4.74 Å². The van der Waals surface area contributed by atoms with Crippen LogP contribution < -0.4 is 5.32 Å². The average Bonchev–Trinajstić information content (AvgIpc) is 2.36. The molecule has 20 heavy (non-hydrogen) atoms. The van der Waals surface area contributed by atoms with Crippen LogP contribution in [0, 0.1) is 17.3 Å². The third kappa shape index (κ3) is 6.55. The molecular weight excluding hydrogens is 248 g/mol. The summed E-state index contributed by atoms with van der Waals surface area (Å²) in [5, 5.41) is 3.56. The van der Waals surface area contributed by atoms with Gasteiger partial charge in [0.25, 0.3) is 0 Å². The highest BCUT2D eigenvalue weighted by molar-refractivity contribution is 4.87. The first kappa shape index (κ1) is 17.9. The fourth-order valence-corrected chi connectivity index (χ4v) is 3.33. The maximum atomic E-state index is 5.83. The first-order chi connectivity index (χ1) is 9.47. The van der Waals surface area contributed by atoms with Crippen molar-refractivity contribution in [3.8, 4) is 0 Å². The zero-order chi connectivity index (χ0) is 15.0. The van der Waals surface area contributed by atoms with E-state index in [9.17, 15) is 0 Å². The van der Waals surface area contributed by atoms with Gasteiger partial charge >= 0.3 is 0 Å². The van der Waals surface area contributed by atoms with Crippen LogP contribution >= 0.6 is 0 Å². The Kier molecular flexibility index (Phi) is 8.08. The van der Waals surface area contributed by atoms with E-state index in [2.05, 4.69) is 44.8 Å². The Bertz CT molecular complexity index is 237. The molecule has 1 saturated heterocycles. The predicted molar refractivity (Wildman–Crippen MR) is 87.1 cm³/mol. The predicted octanol–water partition coefficient (Wildman–Crippen LogP) is 3.01. The summed E-state index contributed by atoms with van der Waals surface area (Å²) in [6, 6.07) is 0. The van der Waals surface area contributed by atoms with Crippen LogP contribution in [-0.2, 0) is 4.74 Å². The molecule has 120 valence electrons. The second-order valence-electron chi connectivity index (χ2n) is 7.42. The molecule has 0 aromatic carbocycles. The molecule has 0 spiro atoms. The maximum absolute atomic E-state index is 5.83. The molecule has 1 rings (SSSR count). The van der Waals surface area contributed by atoms with Crippen LogP contribution in [0.2, 0.25) is 0 Å². The zero-order valence-corrected chi connectivity index (χ0v) is 14.4. The summed E-state index contributed by atoms with van der Waals surface area (Å²) in [5.74, 6) is 1.46. The van der Waals surface area contributed by atoms with Crippen molar-refractivity contribution in [2.24, 2.45) is 17.3 Å². The summed E-state index contributed by atoms with van der Waals surface area (Å²) < 4.78 is 5.83. The molecule has 1 aliphatic rings. The van der Waals surface area contributed by atoms with E-state index in [1.807, 2.05) is 0 Å². The van der Waals surface area contributed by atoms with E-state index in [0.29, 0.717) is 5.41 Å². The molecule has 3 heteroatoms. The Hall–Kier alpha value is -0.120. The topological polar surface area (TPSA) is 24.5 Å².